The predicted molar refractivity (Wildman–Crippen MR) is 94.6 cm³/mol. The van der Waals surface area contributed by atoms with Crippen LogP contribution in [0.4, 0.5) is 4.79 Å². The Hall–Kier alpha value is -0.590. The average Bonchev–Trinajstić information content (AvgIpc) is 2.83. The van der Waals surface area contributed by atoms with Crippen molar-refractivity contribution < 1.29 is 9.53 Å². The average molecular weight is 389 g/mol. The molecular formula is C16H25BrN2O2S. The third-order valence-electron chi connectivity index (χ3n) is 3.58. The Morgan fingerprint density at radius 1 is 1.41 bits per heavy atom. The van der Waals surface area contributed by atoms with Gasteiger partial charge < -0.3 is 15.0 Å². The lowest BCUT2D eigenvalue weighted by Crippen LogP contribution is -2.46. The van der Waals surface area contributed by atoms with Crippen molar-refractivity contribution in [2.24, 2.45) is 0 Å². The summed E-state index contributed by atoms with van der Waals surface area (Å²) in [7, 11) is 0. The lowest BCUT2D eigenvalue weighted by Gasteiger charge is -2.33. The van der Waals surface area contributed by atoms with Crippen LogP contribution in [-0.2, 0) is 11.2 Å². The van der Waals surface area contributed by atoms with Gasteiger partial charge >= 0.3 is 6.09 Å². The fourth-order valence-electron chi connectivity index (χ4n) is 2.48. The molecule has 0 unspecified atom stereocenters. The van der Waals surface area contributed by atoms with Crippen LogP contribution in [0.25, 0.3) is 0 Å². The van der Waals surface area contributed by atoms with E-state index in [1.54, 1.807) is 11.3 Å². The predicted octanol–water partition coefficient (Wildman–Crippen LogP) is 4.04. The molecule has 1 aromatic rings. The Morgan fingerprint density at radius 2 is 2.09 bits per heavy atom. The Morgan fingerprint density at radius 3 is 2.64 bits per heavy atom. The van der Waals surface area contributed by atoms with E-state index in [4.69, 9.17) is 4.74 Å². The zero-order valence-corrected chi connectivity index (χ0v) is 15.9. The van der Waals surface area contributed by atoms with E-state index in [1.807, 2.05) is 25.7 Å². The van der Waals surface area contributed by atoms with Crippen molar-refractivity contribution in [1.82, 2.24) is 10.2 Å². The summed E-state index contributed by atoms with van der Waals surface area (Å²) in [5, 5.41) is 3.60. The number of hydrogen-bond acceptors (Lipinski definition) is 4. The van der Waals surface area contributed by atoms with Crippen molar-refractivity contribution in [3.05, 3.63) is 20.8 Å². The van der Waals surface area contributed by atoms with Crippen molar-refractivity contribution >= 4 is 33.4 Å². The van der Waals surface area contributed by atoms with Gasteiger partial charge in [-0.15, -0.1) is 11.3 Å². The van der Waals surface area contributed by atoms with Gasteiger partial charge in [-0.25, -0.2) is 4.79 Å². The molecule has 0 radical (unpaired) electrons. The summed E-state index contributed by atoms with van der Waals surface area (Å²) in [6.07, 6.45) is 2.86. The van der Waals surface area contributed by atoms with Crippen LogP contribution in [0.1, 0.15) is 38.5 Å². The first-order valence-corrected chi connectivity index (χ1v) is 9.40. The fourth-order valence-corrected chi connectivity index (χ4v) is 3.96. The van der Waals surface area contributed by atoms with E-state index in [0.29, 0.717) is 6.04 Å². The number of piperidine rings is 1. The minimum atomic E-state index is -0.416. The molecular weight excluding hydrogens is 364 g/mol. The topological polar surface area (TPSA) is 41.6 Å². The van der Waals surface area contributed by atoms with E-state index >= 15 is 0 Å². The molecule has 22 heavy (non-hydrogen) atoms. The molecule has 0 saturated carbocycles. The third kappa shape index (κ3) is 5.89. The summed E-state index contributed by atoms with van der Waals surface area (Å²) < 4.78 is 6.61. The SMILES string of the molecule is CC(C)(C)OC(=O)N1CCC(NCCc2ccc(Br)s2)CC1. The van der Waals surface area contributed by atoms with E-state index in [9.17, 15) is 4.79 Å². The van der Waals surface area contributed by atoms with Gasteiger partial charge in [0, 0.05) is 30.6 Å². The van der Waals surface area contributed by atoms with E-state index in [0.717, 1.165) is 38.9 Å². The highest BCUT2D eigenvalue weighted by atomic mass is 79.9. The van der Waals surface area contributed by atoms with Gasteiger partial charge in [0.25, 0.3) is 0 Å². The van der Waals surface area contributed by atoms with Gasteiger partial charge in [-0.05, 0) is 68.1 Å². The molecule has 1 aromatic heterocycles. The summed E-state index contributed by atoms with van der Waals surface area (Å²) >= 11 is 5.28. The zero-order chi connectivity index (χ0) is 16.2. The minimum absolute atomic E-state index is 0.186. The molecule has 2 heterocycles. The summed E-state index contributed by atoms with van der Waals surface area (Å²) in [4.78, 5) is 15.2. The molecule has 0 aliphatic carbocycles. The van der Waals surface area contributed by atoms with Crippen molar-refractivity contribution in [2.45, 2.75) is 51.7 Å². The largest absolute Gasteiger partial charge is 0.444 e. The number of ether oxygens (including phenoxy) is 1. The number of nitrogens with zero attached hydrogens (tertiary/aromatic N) is 1. The van der Waals surface area contributed by atoms with Crippen molar-refractivity contribution in [1.29, 1.82) is 0 Å². The molecule has 0 atom stereocenters. The quantitative estimate of drug-likeness (QED) is 0.845. The number of hydrogen-bond donors (Lipinski definition) is 1. The standard InChI is InChI=1S/C16H25BrN2O2S/c1-16(2,3)21-15(20)19-10-7-12(8-11-19)18-9-6-13-4-5-14(17)22-13/h4-5,12,18H,6-11H2,1-3H3. The van der Waals surface area contributed by atoms with Crippen molar-refractivity contribution in [2.75, 3.05) is 19.6 Å². The molecule has 1 fully saturated rings. The summed E-state index contributed by atoms with van der Waals surface area (Å²) in [6, 6.07) is 4.77. The van der Waals surface area contributed by atoms with Crippen LogP contribution >= 0.6 is 27.3 Å². The maximum Gasteiger partial charge on any atom is 0.410 e. The molecule has 0 bridgehead atoms. The van der Waals surface area contributed by atoms with Crippen LogP contribution in [0.5, 0.6) is 0 Å². The molecule has 0 aromatic carbocycles. The van der Waals surface area contributed by atoms with Crippen molar-refractivity contribution in [3.8, 4) is 0 Å². The van der Waals surface area contributed by atoms with Gasteiger partial charge in [-0.2, -0.15) is 0 Å². The van der Waals surface area contributed by atoms with E-state index in [2.05, 4.69) is 33.4 Å². The van der Waals surface area contributed by atoms with Crippen LogP contribution in [0.15, 0.2) is 15.9 Å². The van der Waals surface area contributed by atoms with Crippen LogP contribution < -0.4 is 5.32 Å². The lowest BCUT2D eigenvalue weighted by atomic mass is 10.1. The fraction of sp³-hybridized carbons (Fsp3) is 0.688. The monoisotopic (exact) mass is 388 g/mol. The molecule has 1 aliphatic heterocycles. The smallest absolute Gasteiger partial charge is 0.410 e. The summed E-state index contributed by atoms with van der Waals surface area (Å²) in [5.41, 5.74) is -0.416. The van der Waals surface area contributed by atoms with Crippen molar-refractivity contribution in [3.63, 3.8) is 0 Å². The number of halogens is 1. The first-order valence-electron chi connectivity index (χ1n) is 7.79. The van der Waals surface area contributed by atoms with Gasteiger partial charge in [0.15, 0.2) is 0 Å². The number of carbonyl (C=O) groups is 1. The summed E-state index contributed by atoms with van der Waals surface area (Å²) in [6.45, 7) is 8.25. The minimum Gasteiger partial charge on any atom is -0.444 e. The molecule has 1 aliphatic rings. The normalized spacial score (nSPS) is 16.8. The second-order valence-electron chi connectivity index (χ2n) is 6.65. The van der Waals surface area contributed by atoms with Crippen LogP contribution in [0.3, 0.4) is 0 Å². The van der Waals surface area contributed by atoms with E-state index in [1.165, 1.54) is 8.66 Å². The number of rotatable bonds is 4. The number of nitrogens with one attached hydrogen (secondary N) is 1. The first-order chi connectivity index (χ1) is 10.3. The van der Waals surface area contributed by atoms with Gasteiger partial charge in [0.1, 0.15) is 5.60 Å². The van der Waals surface area contributed by atoms with Crippen LogP contribution in [0.2, 0.25) is 0 Å². The molecule has 2 rings (SSSR count). The molecule has 124 valence electrons. The molecule has 1 amide bonds. The molecule has 0 spiro atoms. The summed E-state index contributed by atoms with van der Waals surface area (Å²) in [5.74, 6) is 0. The highest BCUT2D eigenvalue weighted by Gasteiger charge is 2.26. The Labute approximate surface area is 145 Å². The van der Waals surface area contributed by atoms with E-state index < -0.39 is 5.60 Å². The third-order valence-corrected chi connectivity index (χ3v) is 5.26. The number of carbonyl (C=O) groups excluding carboxylic acids is 1. The highest BCUT2D eigenvalue weighted by Crippen LogP contribution is 2.22. The number of thiophene rings is 1. The Balaban J connectivity index is 1.65. The molecule has 1 N–H and O–H groups in total. The Kier molecular flexibility index (Phi) is 6.29. The second kappa shape index (κ2) is 7.79. The lowest BCUT2D eigenvalue weighted by molar-refractivity contribution is 0.0198. The Bertz CT molecular complexity index is 491. The number of likely N-dealkylation sites (tertiary alicyclic amines) is 1. The van der Waals surface area contributed by atoms with Gasteiger partial charge in [-0.1, -0.05) is 0 Å². The molecule has 4 nitrogen and oxygen atoms in total. The van der Waals surface area contributed by atoms with Gasteiger partial charge in [0.2, 0.25) is 0 Å². The maximum absolute atomic E-state index is 12.0. The van der Waals surface area contributed by atoms with Gasteiger partial charge in [0.05, 0.1) is 3.79 Å². The molecule has 1 saturated heterocycles. The number of amides is 1. The zero-order valence-electron chi connectivity index (χ0n) is 13.5. The first kappa shape index (κ1) is 17.8. The second-order valence-corrected chi connectivity index (χ2v) is 9.20. The van der Waals surface area contributed by atoms with Crippen LogP contribution in [-0.4, -0.2) is 42.3 Å². The highest BCUT2D eigenvalue weighted by molar-refractivity contribution is 9.11. The molecule has 6 heteroatoms. The van der Waals surface area contributed by atoms with Crippen LogP contribution in [0, 0.1) is 0 Å². The van der Waals surface area contributed by atoms with E-state index in [-0.39, 0.29) is 6.09 Å². The maximum atomic E-state index is 12.0. The van der Waals surface area contributed by atoms with Gasteiger partial charge in [-0.3, -0.25) is 0 Å².